The van der Waals surface area contributed by atoms with Gasteiger partial charge in [0.05, 0.1) is 12.2 Å². The summed E-state index contributed by atoms with van der Waals surface area (Å²) < 4.78 is 5.89. The third-order valence-corrected chi connectivity index (χ3v) is 7.15. The molecule has 1 saturated heterocycles. The van der Waals surface area contributed by atoms with Gasteiger partial charge in [-0.25, -0.2) is 4.98 Å². The molecule has 1 aromatic carbocycles. The molecule has 2 aromatic rings. The number of fused-ring (bicyclic) bond motifs is 1. The third kappa shape index (κ3) is 5.20. The second-order valence-corrected chi connectivity index (χ2v) is 9.80. The van der Waals surface area contributed by atoms with E-state index in [9.17, 15) is 9.90 Å². The lowest BCUT2D eigenvalue weighted by Gasteiger charge is -2.38. The number of aryl methyl sites for hydroxylation is 4. The minimum Gasteiger partial charge on any atom is -0.491 e. The number of piperidine rings is 1. The highest BCUT2D eigenvalue weighted by atomic mass is 32.1. The monoisotopic (exact) mass is 429 g/mol. The fourth-order valence-electron chi connectivity index (χ4n) is 4.25. The lowest BCUT2D eigenvalue weighted by Crippen LogP contribution is -2.53. The van der Waals surface area contributed by atoms with Gasteiger partial charge in [0.25, 0.3) is 0 Å². The van der Waals surface area contributed by atoms with Crippen molar-refractivity contribution in [2.45, 2.75) is 58.0 Å². The van der Waals surface area contributed by atoms with E-state index in [1.807, 2.05) is 23.1 Å². The van der Waals surface area contributed by atoms with Crippen molar-refractivity contribution in [3.63, 3.8) is 0 Å². The third-order valence-electron chi connectivity index (χ3n) is 6.08. The second kappa shape index (κ2) is 9.04. The number of ether oxygens (including phenoxy) is 1. The molecule has 2 heterocycles. The van der Waals surface area contributed by atoms with Gasteiger partial charge < -0.3 is 15.2 Å². The smallest absolute Gasteiger partial charge is 0.240 e. The van der Waals surface area contributed by atoms with Gasteiger partial charge in [0.2, 0.25) is 5.91 Å². The van der Waals surface area contributed by atoms with Gasteiger partial charge in [-0.2, -0.15) is 0 Å². The number of hydrogen-bond acceptors (Lipinski definition) is 6. The minimum atomic E-state index is -0.947. The van der Waals surface area contributed by atoms with E-state index in [2.05, 4.69) is 24.1 Å². The molecule has 2 N–H and O–H groups in total. The van der Waals surface area contributed by atoms with Gasteiger partial charge in [-0.15, -0.1) is 11.3 Å². The van der Waals surface area contributed by atoms with Crippen molar-refractivity contribution in [3.8, 4) is 5.75 Å². The first-order chi connectivity index (χ1) is 14.4. The number of amides is 1. The molecule has 1 amide bonds. The van der Waals surface area contributed by atoms with E-state index < -0.39 is 5.60 Å². The first-order valence-corrected chi connectivity index (χ1v) is 11.7. The number of rotatable bonds is 6. The fraction of sp³-hybridized carbons (Fsp3) is 0.565. The Bertz CT molecular complexity index is 890. The molecule has 162 valence electrons. The van der Waals surface area contributed by atoms with Crippen LogP contribution in [0, 0.1) is 13.8 Å². The summed E-state index contributed by atoms with van der Waals surface area (Å²) in [6.45, 7) is 5.84. The summed E-state index contributed by atoms with van der Waals surface area (Å²) in [4.78, 5) is 20.5. The summed E-state index contributed by atoms with van der Waals surface area (Å²) in [5.74, 6) is 0.703. The number of thiazole rings is 1. The Morgan fingerprint density at radius 3 is 2.90 bits per heavy atom. The predicted octanol–water partition coefficient (Wildman–Crippen LogP) is 3.48. The van der Waals surface area contributed by atoms with E-state index in [-0.39, 0.29) is 19.1 Å². The van der Waals surface area contributed by atoms with Crippen LogP contribution in [0.1, 0.15) is 47.4 Å². The van der Waals surface area contributed by atoms with Crippen LogP contribution in [0.15, 0.2) is 18.2 Å². The fourth-order valence-corrected chi connectivity index (χ4v) is 5.31. The number of carbonyl (C=O) groups is 1. The highest BCUT2D eigenvalue weighted by Crippen LogP contribution is 2.29. The molecule has 1 aliphatic heterocycles. The van der Waals surface area contributed by atoms with Gasteiger partial charge in [0.1, 0.15) is 18.0 Å². The van der Waals surface area contributed by atoms with Crippen LogP contribution < -0.4 is 10.1 Å². The zero-order chi connectivity index (χ0) is 21.1. The number of β-amino-alcohol motifs (C(OH)–C–C–N with tert-alkyl or cyclic N) is 1. The normalized spacial score (nSPS) is 21.8. The van der Waals surface area contributed by atoms with Gasteiger partial charge in [-0.1, -0.05) is 6.07 Å². The van der Waals surface area contributed by atoms with Gasteiger partial charge in [0.15, 0.2) is 5.13 Å². The highest BCUT2D eigenvalue weighted by Gasteiger charge is 2.35. The summed E-state index contributed by atoms with van der Waals surface area (Å²) in [6, 6.07) is 5.97. The van der Waals surface area contributed by atoms with E-state index in [1.165, 1.54) is 28.8 Å². The van der Waals surface area contributed by atoms with Crippen molar-refractivity contribution < 1.29 is 14.6 Å². The number of anilines is 1. The van der Waals surface area contributed by atoms with Crippen LogP contribution in [0.3, 0.4) is 0 Å². The summed E-state index contributed by atoms with van der Waals surface area (Å²) in [5, 5.41) is 14.7. The molecule has 0 radical (unpaired) electrons. The van der Waals surface area contributed by atoms with Crippen LogP contribution in [0.5, 0.6) is 5.75 Å². The largest absolute Gasteiger partial charge is 0.491 e. The SMILES string of the molecule is Cc1ccc(OCC2(O)CCCN(CC(=O)Nc3nc4c(s3)CCCC4)C2)cc1C. The topological polar surface area (TPSA) is 74.7 Å². The molecule has 1 atom stereocenters. The number of nitrogens with zero attached hydrogens (tertiary/aromatic N) is 2. The lowest BCUT2D eigenvalue weighted by molar-refractivity contribution is -0.119. The molecule has 1 aliphatic carbocycles. The van der Waals surface area contributed by atoms with Crippen molar-refractivity contribution in [2.75, 3.05) is 31.6 Å². The van der Waals surface area contributed by atoms with Crippen LogP contribution in [-0.2, 0) is 17.6 Å². The standard InChI is InChI=1S/C23H31N3O3S/c1-16-8-9-18(12-17(16)2)29-15-23(28)10-5-11-26(14-23)13-21(27)25-22-24-19-6-3-4-7-20(19)30-22/h8-9,12,28H,3-7,10-11,13-15H2,1-2H3,(H,24,25,27). The van der Waals surface area contributed by atoms with Crippen LogP contribution >= 0.6 is 11.3 Å². The van der Waals surface area contributed by atoms with Gasteiger partial charge in [-0.05, 0) is 82.2 Å². The van der Waals surface area contributed by atoms with Gasteiger partial charge in [-0.3, -0.25) is 9.69 Å². The van der Waals surface area contributed by atoms with Gasteiger partial charge >= 0.3 is 0 Å². The maximum absolute atomic E-state index is 12.6. The number of nitrogens with one attached hydrogen (secondary N) is 1. The summed E-state index contributed by atoms with van der Waals surface area (Å²) >= 11 is 1.60. The second-order valence-electron chi connectivity index (χ2n) is 8.72. The maximum atomic E-state index is 12.6. The molecule has 1 aromatic heterocycles. The van der Waals surface area contributed by atoms with Crippen LogP contribution in [0.25, 0.3) is 0 Å². The predicted molar refractivity (Wildman–Crippen MR) is 119 cm³/mol. The van der Waals surface area contributed by atoms with Crippen molar-refractivity contribution in [2.24, 2.45) is 0 Å². The number of hydrogen-bond donors (Lipinski definition) is 2. The quantitative estimate of drug-likeness (QED) is 0.735. The van der Waals surface area contributed by atoms with Crippen LogP contribution in [0.4, 0.5) is 5.13 Å². The summed E-state index contributed by atoms with van der Waals surface area (Å²) in [5.41, 5.74) is 2.59. The van der Waals surface area contributed by atoms with Crippen molar-refractivity contribution >= 4 is 22.4 Å². The van der Waals surface area contributed by atoms with Crippen molar-refractivity contribution in [1.29, 1.82) is 0 Å². The van der Waals surface area contributed by atoms with E-state index in [1.54, 1.807) is 11.3 Å². The molecule has 2 aliphatic rings. The van der Waals surface area contributed by atoms with Crippen LogP contribution in [-0.4, -0.2) is 52.7 Å². The molecular formula is C23H31N3O3S. The molecule has 7 heteroatoms. The highest BCUT2D eigenvalue weighted by molar-refractivity contribution is 7.15. The summed E-state index contributed by atoms with van der Waals surface area (Å²) in [6.07, 6.45) is 5.99. The Labute approximate surface area is 182 Å². The minimum absolute atomic E-state index is 0.0691. The molecule has 1 fully saturated rings. The number of likely N-dealkylation sites (tertiary alicyclic amines) is 1. The molecule has 4 rings (SSSR count). The molecular weight excluding hydrogens is 398 g/mol. The Kier molecular flexibility index (Phi) is 6.41. The maximum Gasteiger partial charge on any atom is 0.240 e. The number of aliphatic hydroxyl groups is 1. The molecule has 0 bridgehead atoms. The van der Waals surface area contributed by atoms with Gasteiger partial charge in [0, 0.05) is 11.4 Å². The molecule has 1 unspecified atom stereocenters. The number of benzene rings is 1. The average molecular weight is 430 g/mol. The first-order valence-electron chi connectivity index (χ1n) is 10.8. The molecule has 0 saturated carbocycles. The molecule has 0 spiro atoms. The lowest BCUT2D eigenvalue weighted by atomic mass is 9.93. The number of carbonyl (C=O) groups excluding carboxylic acids is 1. The number of aromatic nitrogens is 1. The zero-order valence-electron chi connectivity index (χ0n) is 17.9. The Morgan fingerprint density at radius 1 is 1.27 bits per heavy atom. The molecule has 30 heavy (non-hydrogen) atoms. The Morgan fingerprint density at radius 2 is 2.10 bits per heavy atom. The average Bonchev–Trinajstić information content (AvgIpc) is 3.11. The van der Waals surface area contributed by atoms with E-state index in [0.29, 0.717) is 18.1 Å². The molecule has 6 nitrogen and oxygen atoms in total. The van der Waals surface area contributed by atoms with Crippen LogP contribution in [0.2, 0.25) is 0 Å². The van der Waals surface area contributed by atoms with E-state index in [4.69, 9.17) is 4.74 Å². The Balaban J connectivity index is 1.29. The van der Waals surface area contributed by atoms with Crippen molar-refractivity contribution in [3.05, 3.63) is 39.9 Å². The first kappa shape index (κ1) is 21.3. The zero-order valence-corrected chi connectivity index (χ0v) is 18.7. The summed E-state index contributed by atoms with van der Waals surface area (Å²) in [7, 11) is 0. The van der Waals surface area contributed by atoms with E-state index in [0.717, 1.165) is 37.3 Å². The Hall–Kier alpha value is -1.96. The van der Waals surface area contributed by atoms with E-state index >= 15 is 0 Å². The van der Waals surface area contributed by atoms with Crippen molar-refractivity contribution in [1.82, 2.24) is 9.88 Å².